The summed E-state index contributed by atoms with van der Waals surface area (Å²) in [5.41, 5.74) is 2.54. The largest absolute Gasteiger partial charge is 0.346 e. The van der Waals surface area contributed by atoms with Crippen LogP contribution >= 0.6 is 11.6 Å². The van der Waals surface area contributed by atoms with Gasteiger partial charge in [0.25, 0.3) is 5.91 Å². The van der Waals surface area contributed by atoms with Crippen LogP contribution in [-0.4, -0.2) is 21.1 Å². The first kappa shape index (κ1) is 17.9. The van der Waals surface area contributed by atoms with Gasteiger partial charge in [0.15, 0.2) is 0 Å². The smallest absolute Gasteiger partial charge is 0.251 e. The summed E-state index contributed by atoms with van der Waals surface area (Å²) in [6.07, 6.45) is 1.69. The van der Waals surface area contributed by atoms with Crippen LogP contribution in [0.25, 0.3) is 5.65 Å². The number of carbonyl (C=O) groups excluding carboxylic acids is 2. The molecule has 0 aliphatic rings. The van der Waals surface area contributed by atoms with Gasteiger partial charge in [0.1, 0.15) is 11.3 Å². The van der Waals surface area contributed by atoms with E-state index < -0.39 is 0 Å². The number of carbonyl (C=O) groups is 2. The minimum absolute atomic E-state index is 0.142. The normalized spacial score (nSPS) is 10.8. The van der Waals surface area contributed by atoms with E-state index in [1.165, 1.54) is 0 Å². The number of imidazole rings is 1. The summed E-state index contributed by atoms with van der Waals surface area (Å²) in [6, 6.07) is 21.3. The average Bonchev–Trinajstić information content (AvgIpc) is 3.10. The third kappa shape index (κ3) is 3.52. The molecule has 4 rings (SSSR count). The van der Waals surface area contributed by atoms with Gasteiger partial charge in [-0.25, -0.2) is 4.98 Å². The number of amides is 1. The highest BCUT2D eigenvalue weighted by atomic mass is 35.5. The zero-order chi connectivity index (χ0) is 19.5. The lowest BCUT2D eigenvalue weighted by molar-refractivity contribution is 0.0947. The Morgan fingerprint density at radius 1 is 0.893 bits per heavy atom. The Kier molecular flexibility index (Phi) is 4.91. The Morgan fingerprint density at radius 2 is 1.54 bits per heavy atom. The van der Waals surface area contributed by atoms with E-state index in [9.17, 15) is 9.59 Å². The van der Waals surface area contributed by atoms with Crippen molar-refractivity contribution in [1.82, 2.24) is 14.7 Å². The molecule has 0 bridgehead atoms. The first-order chi connectivity index (χ1) is 13.6. The third-order valence-electron chi connectivity index (χ3n) is 4.38. The highest BCUT2D eigenvalue weighted by Gasteiger charge is 2.21. The minimum atomic E-state index is -0.226. The molecule has 0 saturated carbocycles. The molecule has 0 saturated heterocycles. The maximum absolute atomic E-state index is 13.0. The lowest BCUT2D eigenvalue weighted by Crippen LogP contribution is -2.24. The Hall–Kier alpha value is -3.44. The SMILES string of the molecule is O=C(NCc1c(C(=O)c2ccccc2)nc2ccc(Cl)cn12)c1ccccc1. The molecule has 138 valence electrons. The van der Waals surface area contributed by atoms with Crippen molar-refractivity contribution in [2.24, 2.45) is 0 Å². The van der Waals surface area contributed by atoms with Crippen LogP contribution in [0, 0.1) is 0 Å². The number of hydrogen-bond acceptors (Lipinski definition) is 3. The molecule has 2 heterocycles. The second-order valence-electron chi connectivity index (χ2n) is 6.23. The molecule has 5 nitrogen and oxygen atoms in total. The van der Waals surface area contributed by atoms with Gasteiger partial charge in [-0.15, -0.1) is 0 Å². The van der Waals surface area contributed by atoms with Crippen LogP contribution in [0.1, 0.15) is 32.1 Å². The standard InChI is InChI=1S/C22H16ClN3O2/c23-17-11-12-19-25-20(21(27)15-7-3-1-4-8-15)18(26(19)14-17)13-24-22(28)16-9-5-2-6-10-16/h1-12,14H,13H2,(H,24,28). The fourth-order valence-electron chi connectivity index (χ4n) is 3.00. The van der Waals surface area contributed by atoms with Gasteiger partial charge in [-0.2, -0.15) is 0 Å². The minimum Gasteiger partial charge on any atom is -0.346 e. The molecular formula is C22H16ClN3O2. The lowest BCUT2D eigenvalue weighted by Gasteiger charge is -2.08. The quantitative estimate of drug-likeness (QED) is 0.521. The summed E-state index contributed by atoms with van der Waals surface area (Å²) in [4.78, 5) is 29.9. The van der Waals surface area contributed by atoms with E-state index in [4.69, 9.17) is 11.6 Å². The number of aromatic nitrogens is 2. The van der Waals surface area contributed by atoms with Crippen molar-refractivity contribution in [3.8, 4) is 0 Å². The van der Waals surface area contributed by atoms with Gasteiger partial charge in [0, 0.05) is 17.3 Å². The molecule has 2 aromatic carbocycles. The number of ketones is 1. The van der Waals surface area contributed by atoms with Gasteiger partial charge in [-0.1, -0.05) is 60.1 Å². The fraction of sp³-hybridized carbons (Fsp3) is 0.0455. The summed E-state index contributed by atoms with van der Waals surface area (Å²) < 4.78 is 1.74. The molecule has 0 radical (unpaired) electrons. The monoisotopic (exact) mass is 389 g/mol. The molecule has 6 heteroatoms. The summed E-state index contributed by atoms with van der Waals surface area (Å²) in [5.74, 6) is -0.430. The Morgan fingerprint density at radius 3 is 2.21 bits per heavy atom. The van der Waals surface area contributed by atoms with Crippen LogP contribution in [0.2, 0.25) is 5.02 Å². The predicted octanol–water partition coefficient (Wildman–Crippen LogP) is 4.15. The molecule has 1 amide bonds. The van der Waals surface area contributed by atoms with Gasteiger partial charge in [0.2, 0.25) is 5.78 Å². The fourth-order valence-corrected chi connectivity index (χ4v) is 3.16. The number of nitrogens with zero attached hydrogens (tertiary/aromatic N) is 2. The zero-order valence-corrected chi connectivity index (χ0v) is 15.6. The summed E-state index contributed by atoms with van der Waals surface area (Å²) in [6.45, 7) is 0.142. The van der Waals surface area contributed by atoms with E-state index >= 15 is 0 Å². The van der Waals surface area contributed by atoms with Crippen molar-refractivity contribution < 1.29 is 9.59 Å². The van der Waals surface area contributed by atoms with Crippen molar-refractivity contribution >= 4 is 28.9 Å². The van der Waals surface area contributed by atoms with Gasteiger partial charge < -0.3 is 5.32 Å². The highest BCUT2D eigenvalue weighted by molar-refractivity contribution is 6.30. The molecule has 0 aliphatic carbocycles. The molecule has 0 unspecified atom stereocenters. The summed E-state index contributed by atoms with van der Waals surface area (Å²) in [7, 11) is 0. The lowest BCUT2D eigenvalue weighted by atomic mass is 10.1. The Bertz CT molecular complexity index is 1150. The third-order valence-corrected chi connectivity index (χ3v) is 4.61. The van der Waals surface area contributed by atoms with E-state index in [0.29, 0.717) is 33.2 Å². The second kappa shape index (κ2) is 7.66. The van der Waals surface area contributed by atoms with Gasteiger partial charge in [-0.05, 0) is 24.3 Å². The van der Waals surface area contributed by atoms with Gasteiger partial charge >= 0.3 is 0 Å². The van der Waals surface area contributed by atoms with E-state index in [0.717, 1.165) is 0 Å². The van der Waals surface area contributed by atoms with Gasteiger partial charge in [0.05, 0.1) is 17.3 Å². The van der Waals surface area contributed by atoms with E-state index in [2.05, 4.69) is 10.3 Å². The van der Waals surface area contributed by atoms with Crippen molar-refractivity contribution in [3.05, 3.63) is 107 Å². The van der Waals surface area contributed by atoms with Crippen LogP contribution in [0.15, 0.2) is 79.0 Å². The van der Waals surface area contributed by atoms with Crippen molar-refractivity contribution in [2.45, 2.75) is 6.54 Å². The van der Waals surface area contributed by atoms with E-state index in [-0.39, 0.29) is 18.2 Å². The second-order valence-corrected chi connectivity index (χ2v) is 6.66. The first-order valence-corrected chi connectivity index (χ1v) is 9.11. The molecule has 28 heavy (non-hydrogen) atoms. The topological polar surface area (TPSA) is 63.5 Å². The molecule has 4 aromatic rings. The molecule has 0 aliphatic heterocycles. The number of rotatable bonds is 5. The maximum Gasteiger partial charge on any atom is 0.251 e. The predicted molar refractivity (Wildman–Crippen MR) is 108 cm³/mol. The van der Waals surface area contributed by atoms with Crippen molar-refractivity contribution in [2.75, 3.05) is 0 Å². The van der Waals surface area contributed by atoms with Crippen molar-refractivity contribution in [1.29, 1.82) is 0 Å². The molecule has 0 atom stereocenters. The zero-order valence-electron chi connectivity index (χ0n) is 14.8. The maximum atomic E-state index is 13.0. The van der Waals surface area contributed by atoms with Crippen LogP contribution in [0.3, 0.4) is 0 Å². The Balaban J connectivity index is 1.72. The van der Waals surface area contributed by atoms with Crippen LogP contribution < -0.4 is 5.32 Å². The van der Waals surface area contributed by atoms with Gasteiger partial charge in [-0.3, -0.25) is 14.0 Å². The van der Waals surface area contributed by atoms with Crippen LogP contribution in [-0.2, 0) is 6.54 Å². The molecular weight excluding hydrogens is 374 g/mol. The number of halogens is 1. The number of benzene rings is 2. The summed E-state index contributed by atoms with van der Waals surface area (Å²) in [5, 5.41) is 3.38. The Labute approximate surface area is 166 Å². The number of nitrogens with one attached hydrogen (secondary N) is 1. The number of pyridine rings is 1. The number of hydrogen-bond donors (Lipinski definition) is 1. The van der Waals surface area contributed by atoms with E-state index in [1.54, 1.807) is 71.3 Å². The average molecular weight is 390 g/mol. The van der Waals surface area contributed by atoms with Crippen molar-refractivity contribution in [3.63, 3.8) is 0 Å². The summed E-state index contributed by atoms with van der Waals surface area (Å²) >= 11 is 6.13. The molecule has 0 spiro atoms. The highest BCUT2D eigenvalue weighted by Crippen LogP contribution is 2.20. The first-order valence-electron chi connectivity index (χ1n) is 8.73. The number of fused-ring (bicyclic) bond motifs is 1. The van der Waals surface area contributed by atoms with Crippen LogP contribution in [0.5, 0.6) is 0 Å². The molecule has 2 aromatic heterocycles. The van der Waals surface area contributed by atoms with E-state index in [1.807, 2.05) is 12.1 Å². The molecule has 1 N–H and O–H groups in total. The van der Waals surface area contributed by atoms with Crippen LogP contribution in [0.4, 0.5) is 0 Å². The molecule has 0 fully saturated rings.